The molecule has 2 unspecified atom stereocenters. The second-order valence-corrected chi connectivity index (χ2v) is 5.03. The predicted molar refractivity (Wildman–Crippen MR) is 58.5 cm³/mol. The number of amides is 1. The number of halogens is 3. The Morgan fingerprint density at radius 1 is 1.30 bits per heavy atom. The molecule has 2 heterocycles. The first-order valence-electron chi connectivity index (χ1n) is 5.90. The van der Waals surface area contributed by atoms with Gasteiger partial charge in [-0.25, -0.2) is 0 Å². The van der Waals surface area contributed by atoms with E-state index in [1.807, 2.05) is 0 Å². The fraction of sp³-hybridized carbons (Fsp3) is 0.800. The van der Waals surface area contributed by atoms with Crippen molar-refractivity contribution in [3.8, 4) is 0 Å². The lowest BCUT2D eigenvalue weighted by Crippen LogP contribution is -2.57. The van der Waals surface area contributed by atoms with Crippen LogP contribution in [0.15, 0.2) is 5.11 Å². The second kappa shape index (κ2) is 4.55. The number of carboxylic acid groups (broad SMARTS) is 1. The van der Waals surface area contributed by atoms with Gasteiger partial charge in [0.2, 0.25) is 0 Å². The van der Waals surface area contributed by atoms with Crippen LogP contribution in [0.25, 0.3) is 10.4 Å². The van der Waals surface area contributed by atoms with Crippen molar-refractivity contribution in [1.29, 1.82) is 0 Å². The van der Waals surface area contributed by atoms with E-state index in [1.165, 1.54) is 0 Å². The van der Waals surface area contributed by atoms with E-state index < -0.39 is 35.7 Å². The van der Waals surface area contributed by atoms with E-state index in [-0.39, 0.29) is 25.7 Å². The Morgan fingerprint density at radius 2 is 1.80 bits per heavy atom. The van der Waals surface area contributed by atoms with E-state index in [9.17, 15) is 27.9 Å². The maximum atomic E-state index is 12.5. The average molecular weight is 292 g/mol. The first kappa shape index (κ1) is 14.4. The number of hydrogen-bond acceptors (Lipinski definition) is 3. The Bertz CT molecular complexity index is 482. The van der Waals surface area contributed by atoms with Gasteiger partial charge in [-0.15, -0.1) is 0 Å². The lowest BCUT2D eigenvalue weighted by Gasteiger charge is -2.42. The summed E-state index contributed by atoms with van der Waals surface area (Å²) < 4.78 is 37.6. The molecule has 1 amide bonds. The van der Waals surface area contributed by atoms with E-state index in [1.54, 1.807) is 0 Å². The Labute approximate surface area is 111 Å². The zero-order chi connectivity index (χ0) is 15.1. The van der Waals surface area contributed by atoms with Gasteiger partial charge in [-0.05, 0) is 31.2 Å². The van der Waals surface area contributed by atoms with Crippen molar-refractivity contribution in [1.82, 2.24) is 4.90 Å². The molecular formula is C10H11F3N4O3. The highest BCUT2D eigenvalue weighted by Gasteiger charge is 2.57. The number of piperidine rings is 1. The molecule has 2 saturated heterocycles. The van der Waals surface area contributed by atoms with Gasteiger partial charge in [0, 0.05) is 17.0 Å². The minimum atomic E-state index is -4.98. The molecule has 0 radical (unpaired) electrons. The minimum Gasteiger partial charge on any atom is -0.481 e. The van der Waals surface area contributed by atoms with Crippen molar-refractivity contribution >= 4 is 11.9 Å². The van der Waals surface area contributed by atoms with Crippen molar-refractivity contribution in [3.05, 3.63) is 10.4 Å². The number of azide groups is 1. The summed E-state index contributed by atoms with van der Waals surface area (Å²) in [4.78, 5) is 25.8. The average Bonchev–Trinajstić information content (AvgIpc) is 2.59. The molecule has 0 aliphatic carbocycles. The molecule has 0 spiro atoms. The molecule has 20 heavy (non-hydrogen) atoms. The molecule has 110 valence electrons. The quantitative estimate of drug-likeness (QED) is 0.476. The van der Waals surface area contributed by atoms with E-state index in [0.29, 0.717) is 4.90 Å². The summed E-state index contributed by atoms with van der Waals surface area (Å²) in [5.74, 6) is -3.32. The molecule has 0 aromatic carbocycles. The van der Waals surface area contributed by atoms with Gasteiger partial charge >= 0.3 is 18.1 Å². The van der Waals surface area contributed by atoms with Crippen LogP contribution in [0.1, 0.15) is 25.7 Å². The van der Waals surface area contributed by atoms with Crippen LogP contribution in [0.3, 0.4) is 0 Å². The Kier molecular flexibility index (Phi) is 3.29. The van der Waals surface area contributed by atoms with Crippen molar-refractivity contribution < 1.29 is 27.9 Å². The number of carbonyl (C=O) groups is 2. The highest BCUT2D eigenvalue weighted by atomic mass is 19.4. The third kappa shape index (κ3) is 2.15. The highest BCUT2D eigenvalue weighted by Crippen LogP contribution is 2.44. The number of fused-ring (bicyclic) bond motifs is 2. The fourth-order valence-electron chi connectivity index (χ4n) is 3.09. The van der Waals surface area contributed by atoms with Crippen molar-refractivity contribution in [3.63, 3.8) is 0 Å². The summed E-state index contributed by atoms with van der Waals surface area (Å²) >= 11 is 0. The summed E-state index contributed by atoms with van der Waals surface area (Å²) in [5, 5.41) is 12.5. The number of carbonyl (C=O) groups excluding carboxylic acids is 1. The Morgan fingerprint density at radius 3 is 2.15 bits per heavy atom. The first-order chi connectivity index (χ1) is 9.21. The van der Waals surface area contributed by atoms with Crippen LogP contribution in [-0.4, -0.2) is 45.7 Å². The molecule has 0 saturated carbocycles. The maximum absolute atomic E-state index is 12.5. The molecule has 1 N–H and O–H groups in total. The highest BCUT2D eigenvalue weighted by molar-refractivity contribution is 5.84. The van der Waals surface area contributed by atoms with Gasteiger partial charge < -0.3 is 10.0 Å². The standard InChI is InChI=1S/C10H11F3N4O3/c11-10(12,13)7(18)17-5-1-2-6(17)4-9(3-5,8(19)20)15-16-14/h5-6H,1-4H2,(H,19,20). The summed E-state index contributed by atoms with van der Waals surface area (Å²) in [7, 11) is 0. The summed E-state index contributed by atoms with van der Waals surface area (Å²) in [5.41, 5.74) is 6.70. The fourth-order valence-corrected chi connectivity index (χ4v) is 3.09. The lowest BCUT2D eigenvalue weighted by molar-refractivity contribution is -0.191. The van der Waals surface area contributed by atoms with Gasteiger partial charge in [0.15, 0.2) is 0 Å². The monoisotopic (exact) mass is 292 g/mol. The van der Waals surface area contributed by atoms with Crippen LogP contribution in [0.2, 0.25) is 0 Å². The molecule has 2 bridgehead atoms. The second-order valence-electron chi connectivity index (χ2n) is 5.03. The number of rotatable bonds is 2. The van der Waals surface area contributed by atoms with E-state index in [0.717, 1.165) is 0 Å². The molecule has 2 aliphatic rings. The van der Waals surface area contributed by atoms with Gasteiger partial charge in [-0.2, -0.15) is 13.2 Å². The van der Waals surface area contributed by atoms with E-state index in [2.05, 4.69) is 10.0 Å². The molecular weight excluding hydrogens is 281 g/mol. The lowest BCUT2D eigenvalue weighted by atomic mass is 9.83. The number of hydrogen-bond donors (Lipinski definition) is 1. The summed E-state index contributed by atoms with van der Waals surface area (Å²) in [6, 6.07) is -1.71. The SMILES string of the molecule is [N-]=[N+]=NC1(C(=O)O)CC2CCC(C1)N2C(=O)C(F)(F)F. The smallest absolute Gasteiger partial charge is 0.471 e. The number of carboxylic acids is 1. The Hall–Kier alpha value is -1.96. The van der Waals surface area contributed by atoms with Crippen LogP contribution in [0, 0.1) is 0 Å². The van der Waals surface area contributed by atoms with Crippen molar-refractivity contribution in [2.45, 2.75) is 49.5 Å². The predicted octanol–water partition coefficient (Wildman–Crippen LogP) is 1.84. The molecule has 2 rings (SSSR count). The van der Waals surface area contributed by atoms with Gasteiger partial charge in [-0.3, -0.25) is 9.59 Å². The molecule has 2 aliphatic heterocycles. The number of alkyl halides is 3. The van der Waals surface area contributed by atoms with Gasteiger partial charge in [0.1, 0.15) is 5.54 Å². The summed E-state index contributed by atoms with van der Waals surface area (Å²) in [6.45, 7) is 0. The molecule has 7 nitrogen and oxygen atoms in total. The molecule has 0 aromatic rings. The number of aliphatic carboxylic acids is 1. The Balaban J connectivity index is 2.30. The molecule has 2 fully saturated rings. The van der Waals surface area contributed by atoms with Crippen LogP contribution in [-0.2, 0) is 9.59 Å². The van der Waals surface area contributed by atoms with Gasteiger partial charge in [0.25, 0.3) is 0 Å². The molecule has 10 heteroatoms. The number of nitrogens with zero attached hydrogens (tertiary/aromatic N) is 4. The zero-order valence-corrected chi connectivity index (χ0v) is 10.2. The van der Waals surface area contributed by atoms with Gasteiger partial charge in [0.05, 0.1) is 0 Å². The summed E-state index contributed by atoms with van der Waals surface area (Å²) in [6.07, 6.45) is -5.00. The minimum absolute atomic E-state index is 0.280. The maximum Gasteiger partial charge on any atom is 0.471 e. The topological polar surface area (TPSA) is 106 Å². The van der Waals surface area contributed by atoms with Crippen molar-refractivity contribution in [2.75, 3.05) is 0 Å². The zero-order valence-electron chi connectivity index (χ0n) is 10.2. The largest absolute Gasteiger partial charge is 0.481 e. The van der Waals surface area contributed by atoms with Gasteiger partial charge in [-0.1, -0.05) is 5.11 Å². The van der Waals surface area contributed by atoms with Crippen LogP contribution < -0.4 is 0 Å². The normalized spacial score (nSPS) is 32.6. The molecule has 2 atom stereocenters. The first-order valence-corrected chi connectivity index (χ1v) is 5.90. The molecule has 0 aromatic heterocycles. The van der Waals surface area contributed by atoms with Crippen LogP contribution >= 0.6 is 0 Å². The van der Waals surface area contributed by atoms with E-state index >= 15 is 0 Å². The van der Waals surface area contributed by atoms with Crippen LogP contribution in [0.4, 0.5) is 13.2 Å². The van der Waals surface area contributed by atoms with E-state index in [4.69, 9.17) is 5.53 Å². The third-order valence-corrected chi connectivity index (χ3v) is 3.88. The third-order valence-electron chi connectivity index (χ3n) is 3.88. The van der Waals surface area contributed by atoms with Crippen LogP contribution in [0.5, 0.6) is 0 Å². The van der Waals surface area contributed by atoms with Crippen molar-refractivity contribution in [2.24, 2.45) is 5.11 Å².